The van der Waals surface area contributed by atoms with Gasteiger partial charge in [0.2, 0.25) is 11.8 Å². The van der Waals surface area contributed by atoms with E-state index in [-0.39, 0.29) is 23.9 Å². The molecule has 2 aliphatic heterocycles. The van der Waals surface area contributed by atoms with Crippen LogP contribution >= 0.6 is 11.3 Å². The van der Waals surface area contributed by atoms with Crippen LogP contribution in [0.4, 0.5) is 0 Å². The lowest BCUT2D eigenvalue weighted by molar-refractivity contribution is -0.143. The van der Waals surface area contributed by atoms with Crippen LogP contribution in [0.15, 0.2) is 35.7 Å². The fraction of sp³-hybridized carbons (Fsp3) is 0.586. The number of fused-ring (bicyclic) bond motifs is 1. The van der Waals surface area contributed by atoms with Gasteiger partial charge in [0.05, 0.1) is 12.6 Å². The Balaban J connectivity index is 1.21. The van der Waals surface area contributed by atoms with Crippen molar-refractivity contribution >= 4 is 23.2 Å². The van der Waals surface area contributed by atoms with Crippen LogP contribution in [0.1, 0.15) is 73.1 Å². The van der Waals surface area contributed by atoms with Crippen LogP contribution in [0.5, 0.6) is 0 Å². The summed E-state index contributed by atoms with van der Waals surface area (Å²) < 4.78 is 0. The van der Waals surface area contributed by atoms with Crippen molar-refractivity contribution in [3.05, 3.63) is 57.3 Å². The Morgan fingerprint density at radius 3 is 2.57 bits per heavy atom. The Labute approximate surface area is 214 Å². The van der Waals surface area contributed by atoms with Gasteiger partial charge >= 0.3 is 0 Å². The summed E-state index contributed by atoms with van der Waals surface area (Å²) >= 11 is 1.83. The zero-order chi connectivity index (χ0) is 24.4. The average Bonchev–Trinajstić information content (AvgIpc) is 3.55. The third kappa shape index (κ3) is 5.34. The molecule has 188 valence electrons. The molecule has 0 spiro atoms. The molecule has 0 radical (unpaired) electrons. The van der Waals surface area contributed by atoms with Crippen LogP contribution in [-0.2, 0) is 16.0 Å². The maximum absolute atomic E-state index is 13.5. The molecule has 35 heavy (non-hydrogen) atoms. The lowest BCUT2D eigenvalue weighted by Gasteiger charge is -2.42. The molecule has 3 aliphatic rings. The second-order valence-corrected chi connectivity index (χ2v) is 11.7. The molecular formula is C29H39N3O2S. The monoisotopic (exact) mass is 493 g/mol. The first-order valence-electron chi connectivity index (χ1n) is 13.4. The van der Waals surface area contributed by atoms with Gasteiger partial charge in [0.15, 0.2) is 0 Å². The third-order valence-corrected chi connectivity index (χ3v) is 9.43. The highest BCUT2D eigenvalue weighted by Crippen LogP contribution is 2.38. The number of piperazine rings is 1. The summed E-state index contributed by atoms with van der Waals surface area (Å²) in [5.74, 6) is 1.20. The average molecular weight is 494 g/mol. The van der Waals surface area contributed by atoms with E-state index in [0.29, 0.717) is 32.6 Å². The molecule has 1 aliphatic carbocycles. The maximum atomic E-state index is 13.5. The molecule has 2 fully saturated rings. The Morgan fingerprint density at radius 2 is 1.80 bits per heavy atom. The van der Waals surface area contributed by atoms with E-state index in [1.165, 1.54) is 47.3 Å². The highest BCUT2D eigenvalue weighted by Gasteiger charge is 2.35. The van der Waals surface area contributed by atoms with Crippen molar-refractivity contribution in [2.45, 2.75) is 70.9 Å². The van der Waals surface area contributed by atoms with E-state index in [0.717, 1.165) is 25.3 Å². The first kappa shape index (κ1) is 24.5. The predicted molar refractivity (Wildman–Crippen MR) is 142 cm³/mol. The maximum Gasteiger partial charge on any atom is 0.236 e. The number of carbonyl (C=O) groups is 2. The number of aryl methyl sites for hydroxylation is 1. The van der Waals surface area contributed by atoms with Crippen molar-refractivity contribution in [3.63, 3.8) is 0 Å². The van der Waals surface area contributed by atoms with Crippen LogP contribution in [0.25, 0.3) is 0 Å². The van der Waals surface area contributed by atoms with Gasteiger partial charge in [-0.25, -0.2) is 0 Å². The molecule has 5 rings (SSSR count). The van der Waals surface area contributed by atoms with Crippen molar-refractivity contribution in [3.8, 4) is 0 Å². The minimum atomic E-state index is 0.0841. The standard InChI is InChI=1S/C29H39N3O2S/c1-21-7-3-6-10-24(21)29-25-14-18-35-26(25)13-15-31(29)20-28(34)30-16-17-32(22(2)19-30)27(33)12-11-23-8-4-5-9-23/h3,6-7,10,14,18,22-23,29H,4-5,8-9,11-13,15-17,19-20H2,1-2H3. The van der Waals surface area contributed by atoms with Crippen LogP contribution in [0, 0.1) is 12.8 Å². The Kier molecular flexibility index (Phi) is 7.59. The van der Waals surface area contributed by atoms with Gasteiger partial charge in [-0.05, 0) is 60.7 Å². The normalized spacial score (nSPS) is 23.5. The minimum Gasteiger partial charge on any atom is -0.338 e. The Hall–Kier alpha value is -2.18. The van der Waals surface area contributed by atoms with Crippen molar-refractivity contribution in [1.82, 2.24) is 14.7 Å². The van der Waals surface area contributed by atoms with Crippen LogP contribution in [-0.4, -0.2) is 65.3 Å². The van der Waals surface area contributed by atoms with Crippen molar-refractivity contribution in [2.75, 3.05) is 32.7 Å². The molecule has 2 amide bonds. The first-order chi connectivity index (χ1) is 17.0. The van der Waals surface area contributed by atoms with E-state index in [2.05, 4.69) is 54.5 Å². The predicted octanol–water partition coefficient (Wildman–Crippen LogP) is 5.03. The summed E-state index contributed by atoms with van der Waals surface area (Å²) in [4.78, 5) is 34.2. The topological polar surface area (TPSA) is 43.9 Å². The zero-order valence-electron chi connectivity index (χ0n) is 21.2. The molecule has 1 saturated heterocycles. The van der Waals surface area contributed by atoms with E-state index in [9.17, 15) is 9.59 Å². The summed E-state index contributed by atoms with van der Waals surface area (Å²) in [5, 5.41) is 2.19. The first-order valence-corrected chi connectivity index (χ1v) is 14.3. The van der Waals surface area contributed by atoms with Gasteiger partial charge in [0, 0.05) is 43.5 Å². The molecule has 2 aromatic rings. The second-order valence-electron chi connectivity index (χ2n) is 10.7. The fourth-order valence-corrected chi connectivity index (χ4v) is 7.30. The molecule has 2 unspecified atom stereocenters. The number of carbonyl (C=O) groups excluding carboxylic acids is 2. The van der Waals surface area contributed by atoms with E-state index >= 15 is 0 Å². The van der Waals surface area contributed by atoms with Gasteiger partial charge in [-0.15, -0.1) is 11.3 Å². The Morgan fingerprint density at radius 1 is 1.00 bits per heavy atom. The number of thiophene rings is 1. The van der Waals surface area contributed by atoms with Gasteiger partial charge in [0.25, 0.3) is 0 Å². The molecule has 2 atom stereocenters. The van der Waals surface area contributed by atoms with Crippen molar-refractivity contribution in [1.29, 1.82) is 0 Å². The van der Waals surface area contributed by atoms with Gasteiger partial charge in [-0.3, -0.25) is 14.5 Å². The van der Waals surface area contributed by atoms with Gasteiger partial charge < -0.3 is 9.80 Å². The molecule has 6 heteroatoms. The van der Waals surface area contributed by atoms with Crippen LogP contribution in [0.3, 0.4) is 0 Å². The van der Waals surface area contributed by atoms with Gasteiger partial charge in [-0.1, -0.05) is 49.9 Å². The molecular weight excluding hydrogens is 454 g/mol. The van der Waals surface area contributed by atoms with Crippen molar-refractivity contribution in [2.24, 2.45) is 5.92 Å². The molecule has 0 bridgehead atoms. The second kappa shape index (κ2) is 10.8. The van der Waals surface area contributed by atoms with Gasteiger partial charge in [-0.2, -0.15) is 0 Å². The molecule has 0 N–H and O–H groups in total. The highest BCUT2D eigenvalue weighted by molar-refractivity contribution is 7.10. The summed E-state index contributed by atoms with van der Waals surface area (Å²) in [6.45, 7) is 7.53. The number of nitrogens with zero attached hydrogens (tertiary/aromatic N) is 3. The van der Waals surface area contributed by atoms with Crippen LogP contribution < -0.4 is 0 Å². The molecule has 1 aromatic carbocycles. The van der Waals surface area contributed by atoms with E-state index in [4.69, 9.17) is 0 Å². The Bertz CT molecular complexity index is 1040. The molecule has 5 nitrogen and oxygen atoms in total. The summed E-state index contributed by atoms with van der Waals surface area (Å²) in [5.41, 5.74) is 3.92. The van der Waals surface area contributed by atoms with E-state index in [1.807, 2.05) is 21.1 Å². The lowest BCUT2D eigenvalue weighted by atomic mass is 9.90. The summed E-state index contributed by atoms with van der Waals surface area (Å²) in [6, 6.07) is 11.0. The quantitative estimate of drug-likeness (QED) is 0.567. The lowest BCUT2D eigenvalue weighted by Crippen LogP contribution is -2.57. The minimum absolute atomic E-state index is 0.0841. The summed E-state index contributed by atoms with van der Waals surface area (Å²) in [7, 11) is 0. The molecule has 3 heterocycles. The molecule has 1 aromatic heterocycles. The number of rotatable bonds is 6. The zero-order valence-corrected chi connectivity index (χ0v) is 22.1. The number of amides is 2. The van der Waals surface area contributed by atoms with E-state index in [1.54, 1.807) is 0 Å². The highest BCUT2D eigenvalue weighted by atomic mass is 32.1. The molecule has 1 saturated carbocycles. The van der Waals surface area contributed by atoms with Crippen molar-refractivity contribution < 1.29 is 9.59 Å². The fourth-order valence-electron chi connectivity index (χ4n) is 6.40. The number of hydrogen-bond donors (Lipinski definition) is 0. The van der Waals surface area contributed by atoms with E-state index < -0.39 is 0 Å². The third-order valence-electron chi connectivity index (χ3n) is 8.43. The largest absolute Gasteiger partial charge is 0.338 e. The summed E-state index contributed by atoms with van der Waals surface area (Å²) in [6.07, 6.45) is 7.93. The number of hydrogen-bond acceptors (Lipinski definition) is 4. The van der Waals surface area contributed by atoms with Gasteiger partial charge in [0.1, 0.15) is 0 Å². The number of benzene rings is 1. The SMILES string of the molecule is Cc1ccccc1C1c2ccsc2CCN1CC(=O)N1CCN(C(=O)CCC2CCCC2)C(C)C1. The van der Waals surface area contributed by atoms with Crippen LogP contribution in [0.2, 0.25) is 0 Å². The smallest absolute Gasteiger partial charge is 0.236 e.